The van der Waals surface area contributed by atoms with Crippen molar-refractivity contribution in [3.63, 3.8) is 0 Å². The summed E-state index contributed by atoms with van der Waals surface area (Å²) in [5, 5.41) is -0.00803. The van der Waals surface area contributed by atoms with Crippen LogP contribution in [0.1, 0.15) is 61.4 Å². The molecular formula is C45H50N4O5Si. The highest BCUT2D eigenvalue weighted by Crippen LogP contribution is 2.45. The second-order valence-corrected chi connectivity index (χ2v) is 20.2. The highest BCUT2D eigenvalue weighted by Gasteiger charge is 2.47. The smallest absolute Gasteiger partial charge is 0.192 e. The minimum atomic E-state index is -2.24. The molecule has 10 heteroatoms. The number of ether oxygens (including phenoxy) is 4. The zero-order chi connectivity index (χ0) is 38.6. The van der Waals surface area contributed by atoms with E-state index in [9.17, 15) is 0 Å². The predicted molar refractivity (Wildman–Crippen MR) is 220 cm³/mol. The highest BCUT2D eigenvalue weighted by atomic mass is 28.4. The van der Waals surface area contributed by atoms with Crippen molar-refractivity contribution in [3.05, 3.63) is 150 Å². The van der Waals surface area contributed by atoms with Crippen molar-refractivity contribution in [1.82, 2.24) is 19.5 Å². The van der Waals surface area contributed by atoms with Crippen LogP contribution in [-0.4, -0.2) is 60.9 Å². The van der Waals surface area contributed by atoms with Gasteiger partial charge in [-0.15, -0.1) is 0 Å². The Morgan fingerprint density at radius 3 is 1.91 bits per heavy atom. The fraction of sp³-hybridized carbons (Fsp3) is 0.311. The molecule has 0 spiro atoms. The molecule has 1 aliphatic heterocycles. The van der Waals surface area contributed by atoms with Crippen molar-refractivity contribution in [1.29, 1.82) is 0 Å². The Morgan fingerprint density at radius 2 is 1.33 bits per heavy atom. The first-order chi connectivity index (χ1) is 26.5. The summed E-state index contributed by atoms with van der Waals surface area (Å²) < 4.78 is 34.6. The van der Waals surface area contributed by atoms with Gasteiger partial charge in [-0.1, -0.05) is 112 Å². The molecule has 0 saturated carbocycles. The largest absolute Gasteiger partial charge is 0.497 e. The van der Waals surface area contributed by atoms with E-state index in [2.05, 4.69) is 87.4 Å². The maximum Gasteiger partial charge on any atom is 0.192 e. The summed E-state index contributed by atoms with van der Waals surface area (Å²) in [7, 11) is 1.11. The van der Waals surface area contributed by atoms with Gasteiger partial charge >= 0.3 is 0 Å². The molecule has 3 atom stereocenters. The second-order valence-electron chi connectivity index (χ2n) is 15.4. The Kier molecular flexibility index (Phi) is 11.0. The Morgan fingerprint density at radius 1 is 0.745 bits per heavy atom. The Balaban J connectivity index is 1.26. The molecule has 55 heavy (non-hydrogen) atoms. The first-order valence-corrected chi connectivity index (χ1v) is 21.7. The van der Waals surface area contributed by atoms with E-state index >= 15 is 0 Å². The quantitative estimate of drug-likeness (QED) is 0.0851. The number of imidazole rings is 1. The van der Waals surface area contributed by atoms with Crippen molar-refractivity contribution in [2.45, 2.75) is 69.4 Å². The van der Waals surface area contributed by atoms with Crippen LogP contribution in [0.4, 0.5) is 0 Å². The number of hydrogen-bond donors (Lipinski definition) is 0. The van der Waals surface area contributed by atoms with Gasteiger partial charge in [-0.05, 0) is 70.7 Å². The lowest BCUT2D eigenvalue weighted by Crippen LogP contribution is -2.45. The SMILES string of the molecule is COc1ccc(C(OC[C@H]2C[C@@H](O[Si](C)(C)C(C)(C)C)[C@H](n3cnc4c(C=Cc5ccccc5)ncnc43)O2)(c2ccccc2)c2ccc(OC)cc2)cc1. The molecule has 0 amide bonds. The van der Waals surface area contributed by atoms with Gasteiger partial charge < -0.3 is 23.4 Å². The molecule has 6 aromatic rings. The van der Waals surface area contributed by atoms with Gasteiger partial charge in [0.2, 0.25) is 0 Å². The molecule has 3 heterocycles. The first-order valence-electron chi connectivity index (χ1n) is 18.7. The molecule has 0 N–H and O–H groups in total. The third kappa shape index (κ3) is 7.86. The van der Waals surface area contributed by atoms with Crippen molar-refractivity contribution >= 4 is 31.6 Å². The van der Waals surface area contributed by atoms with Gasteiger partial charge in [-0.25, -0.2) is 15.0 Å². The van der Waals surface area contributed by atoms with Gasteiger partial charge in [0.1, 0.15) is 28.9 Å². The third-order valence-corrected chi connectivity index (χ3v) is 15.5. The summed E-state index contributed by atoms with van der Waals surface area (Å²) in [4.78, 5) is 14.1. The lowest BCUT2D eigenvalue weighted by atomic mass is 9.80. The molecule has 7 rings (SSSR count). The molecule has 9 nitrogen and oxygen atoms in total. The van der Waals surface area contributed by atoms with E-state index in [4.69, 9.17) is 33.3 Å². The van der Waals surface area contributed by atoms with Crippen molar-refractivity contribution < 1.29 is 23.4 Å². The van der Waals surface area contributed by atoms with Crippen LogP contribution >= 0.6 is 0 Å². The van der Waals surface area contributed by atoms with Crippen molar-refractivity contribution in [2.75, 3.05) is 20.8 Å². The average Bonchev–Trinajstić information content (AvgIpc) is 3.82. The van der Waals surface area contributed by atoms with Crippen LogP contribution in [0.15, 0.2) is 122 Å². The summed E-state index contributed by atoms with van der Waals surface area (Å²) in [5.74, 6) is 1.53. The van der Waals surface area contributed by atoms with Gasteiger partial charge in [-0.3, -0.25) is 4.57 Å². The second kappa shape index (κ2) is 15.9. The lowest BCUT2D eigenvalue weighted by Gasteiger charge is -2.39. The summed E-state index contributed by atoms with van der Waals surface area (Å²) in [6.45, 7) is 11.6. The van der Waals surface area contributed by atoms with E-state index in [1.807, 2.05) is 77.4 Å². The van der Waals surface area contributed by atoms with Crippen LogP contribution in [0.25, 0.3) is 23.3 Å². The molecule has 1 saturated heterocycles. The van der Waals surface area contributed by atoms with Crippen molar-refractivity contribution in [2.24, 2.45) is 0 Å². The summed E-state index contributed by atoms with van der Waals surface area (Å²) >= 11 is 0. The van der Waals surface area contributed by atoms with E-state index in [0.717, 1.165) is 39.4 Å². The molecule has 0 bridgehead atoms. The van der Waals surface area contributed by atoms with E-state index < -0.39 is 20.1 Å². The monoisotopic (exact) mass is 754 g/mol. The van der Waals surface area contributed by atoms with Crippen LogP contribution in [0, 0.1) is 0 Å². The van der Waals surface area contributed by atoms with E-state index in [-0.39, 0.29) is 23.9 Å². The maximum absolute atomic E-state index is 7.30. The Labute approximate surface area is 325 Å². The number of hydrogen-bond acceptors (Lipinski definition) is 8. The number of rotatable bonds is 13. The molecule has 4 aromatic carbocycles. The zero-order valence-corrected chi connectivity index (χ0v) is 33.7. The van der Waals surface area contributed by atoms with Crippen LogP contribution in [0.5, 0.6) is 11.5 Å². The number of fused-ring (bicyclic) bond motifs is 1. The minimum Gasteiger partial charge on any atom is -0.497 e. The molecular weight excluding hydrogens is 705 g/mol. The lowest BCUT2D eigenvalue weighted by molar-refractivity contribution is -0.0841. The zero-order valence-electron chi connectivity index (χ0n) is 32.7. The fourth-order valence-electron chi connectivity index (χ4n) is 6.94. The standard InChI is InChI=1S/C45H50N4O5Si/c1-44(2,3)55(6,7)54-40-28-38(53-43(40)49-31-48-41-39(46-30-47-42(41)49)27-18-32-14-10-8-11-15-32)29-52-45(33-16-12-9-13-17-33,34-19-23-36(50-4)24-20-34)35-21-25-37(51-5)26-22-35/h8-27,30-31,38,40,43H,28-29H2,1-7H3/t38-,40-,43-/m1/s1. The predicted octanol–water partition coefficient (Wildman–Crippen LogP) is 9.70. The summed E-state index contributed by atoms with van der Waals surface area (Å²) in [6.07, 6.45) is 6.97. The molecule has 0 radical (unpaired) electrons. The summed E-state index contributed by atoms with van der Waals surface area (Å²) in [5.41, 5.74) is 5.13. The van der Waals surface area contributed by atoms with Gasteiger partial charge in [0.25, 0.3) is 0 Å². The normalized spacial score (nSPS) is 17.9. The average molecular weight is 755 g/mol. The molecule has 0 aliphatic carbocycles. The number of aromatic nitrogens is 4. The Hall–Kier alpha value is -5.13. The molecule has 1 fully saturated rings. The molecule has 1 aliphatic rings. The van der Waals surface area contributed by atoms with Gasteiger partial charge in [0.15, 0.2) is 20.2 Å². The van der Waals surface area contributed by atoms with Crippen molar-refractivity contribution in [3.8, 4) is 11.5 Å². The number of benzene rings is 4. The molecule has 0 unspecified atom stereocenters. The van der Waals surface area contributed by atoms with Gasteiger partial charge in [-0.2, -0.15) is 0 Å². The number of methoxy groups -OCH3 is 2. The number of nitrogens with zero attached hydrogens (tertiary/aromatic N) is 4. The van der Waals surface area contributed by atoms with Crippen LogP contribution < -0.4 is 9.47 Å². The topological polar surface area (TPSA) is 89.8 Å². The van der Waals surface area contributed by atoms with Gasteiger partial charge in [0.05, 0.1) is 45.1 Å². The van der Waals surface area contributed by atoms with Crippen LogP contribution in [-0.2, 0) is 19.5 Å². The Bertz CT molecular complexity index is 2150. The first kappa shape index (κ1) is 38.2. The maximum atomic E-state index is 7.30. The fourth-order valence-corrected chi connectivity index (χ4v) is 8.26. The van der Waals surface area contributed by atoms with Gasteiger partial charge in [0, 0.05) is 6.42 Å². The van der Waals surface area contributed by atoms with E-state index in [1.54, 1.807) is 26.9 Å². The molecule has 2 aromatic heterocycles. The van der Waals surface area contributed by atoms with E-state index in [1.165, 1.54) is 0 Å². The molecule has 284 valence electrons. The third-order valence-electron chi connectivity index (χ3n) is 11.0. The minimum absolute atomic E-state index is 0.00803. The van der Waals surface area contributed by atoms with E-state index in [0.29, 0.717) is 17.6 Å². The summed E-state index contributed by atoms with van der Waals surface area (Å²) in [6, 6.07) is 36.6. The van der Waals surface area contributed by atoms with Crippen LogP contribution in [0.2, 0.25) is 18.1 Å². The van der Waals surface area contributed by atoms with Crippen LogP contribution in [0.3, 0.4) is 0 Å². The highest BCUT2D eigenvalue weighted by molar-refractivity contribution is 6.74.